The van der Waals surface area contributed by atoms with Gasteiger partial charge in [-0.25, -0.2) is 0 Å². The van der Waals surface area contributed by atoms with Crippen LogP contribution in [-0.4, -0.2) is 22.7 Å². The van der Waals surface area contributed by atoms with Crippen molar-refractivity contribution in [3.63, 3.8) is 0 Å². The van der Waals surface area contributed by atoms with E-state index in [0.717, 1.165) is 16.5 Å². The Morgan fingerprint density at radius 3 is 2.11 bits per heavy atom. The highest BCUT2D eigenvalue weighted by molar-refractivity contribution is 9.09. The highest BCUT2D eigenvalue weighted by Crippen LogP contribution is 2.10. The summed E-state index contributed by atoms with van der Waals surface area (Å²) < 4.78 is 0. The first-order chi connectivity index (χ1) is 9.31. The third kappa shape index (κ3) is 3.93. The molecule has 0 aromatic heterocycles. The number of halogens is 1. The lowest BCUT2D eigenvalue weighted by Crippen LogP contribution is -2.32. The van der Waals surface area contributed by atoms with E-state index >= 15 is 0 Å². The number of nitrogens with zero attached hydrogens (tertiary/aromatic N) is 1. The van der Waals surface area contributed by atoms with Crippen LogP contribution in [0.1, 0.15) is 15.9 Å². The number of amides is 1. The van der Waals surface area contributed by atoms with Crippen LogP contribution in [0.4, 0.5) is 0 Å². The summed E-state index contributed by atoms with van der Waals surface area (Å²) in [5, 5.41) is 0.776. The lowest BCUT2D eigenvalue weighted by molar-refractivity contribution is 0.0754. The maximum atomic E-state index is 12.4. The second kappa shape index (κ2) is 7.10. The molecule has 1 amide bonds. The highest BCUT2D eigenvalue weighted by Gasteiger charge is 2.14. The Bertz CT molecular complexity index is 513. The first kappa shape index (κ1) is 13.8. The molecule has 0 atom stereocenters. The van der Waals surface area contributed by atoms with Crippen molar-refractivity contribution in [1.29, 1.82) is 0 Å². The molecule has 0 spiro atoms. The van der Waals surface area contributed by atoms with E-state index in [1.807, 2.05) is 65.6 Å². The molecule has 98 valence electrons. The Morgan fingerprint density at radius 2 is 1.53 bits per heavy atom. The Kier molecular flexibility index (Phi) is 5.16. The van der Waals surface area contributed by atoms with E-state index < -0.39 is 0 Å². The Labute approximate surface area is 122 Å². The fraction of sp³-hybridized carbons (Fsp3) is 0.188. The van der Waals surface area contributed by atoms with Gasteiger partial charge in [-0.2, -0.15) is 0 Å². The minimum absolute atomic E-state index is 0.0731. The first-order valence-corrected chi connectivity index (χ1v) is 7.37. The van der Waals surface area contributed by atoms with Crippen LogP contribution >= 0.6 is 15.9 Å². The number of hydrogen-bond acceptors (Lipinski definition) is 1. The van der Waals surface area contributed by atoms with Crippen molar-refractivity contribution in [3.05, 3.63) is 71.8 Å². The summed E-state index contributed by atoms with van der Waals surface area (Å²) in [6, 6.07) is 19.5. The minimum Gasteiger partial charge on any atom is -0.333 e. The SMILES string of the molecule is O=C(c1ccccc1)N(CCBr)Cc1ccccc1. The number of benzene rings is 2. The highest BCUT2D eigenvalue weighted by atomic mass is 79.9. The molecule has 19 heavy (non-hydrogen) atoms. The molecule has 0 bridgehead atoms. The Hall–Kier alpha value is -1.61. The lowest BCUT2D eigenvalue weighted by atomic mass is 10.1. The van der Waals surface area contributed by atoms with E-state index in [-0.39, 0.29) is 5.91 Å². The van der Waals surface area contributed by atoms with Crippen molar-refractivity contribution in [2.45, 2.75) is 6.54 Å². The van der Waals surface area contributed by atoms with Gasteiger partial charge in [-0.05, 0) is 17.7 Å². The molecule has 0 aliphatic carbocycles. The number of hydrogen-bond donors (Lipinski definition) is 0. The summed E-state index contributed by atoms with van der Waals surface area (Å²) in [6.07, 6.45) is 0. The van der Waals surface area contributed by atoms with Gasteiger partial charge in [-0.1, -0.05) is 64.5 Å². The molecular formula is C16H16BrNO. The van der Waals surface area contributed by atoms with E-state index in [0.29, 0.717) is 13.1 Å². The van der Waals surface area contributed by atoms with E-state index in [9.17, 15) is 4.79 Å². The smallest absolute Gasteiger partial charge is 0.254 e. The van der Waals surface area contributed by atoms with Crippen LogP contribution < -0.4 is 0 Å². The van der Waals surface area contributed by atoms with Crippen LogP contribution in [0, 0.1) is 0 Å². The monoisotopic (exact) mass is 317 g/mol. The van der Waals surface area contributed by atoms with Gasteiger partial charge in [0.1, 0.15) is 0 Å². The van der Waals surface area contributed by atoms with Crippen LogP contribution in [0.25, 0.3) is 0 Å². The van der Waals surface area contributed by atoms with Gasteiger partial charge in [-0.3, -0.25) is 4.79 Å². The third-order valence-electron chi connectivity index (χ3n) is 2.88. The predicted molar refractivity (Wildman–Crippen MR) is 81.4 cm³/mol. The second-order valence-electron chi connectivity index (χ2n) is 4.27. The van der Waals surface area contributed by atoms with Gasteiger partial charge >= 0.3 is 0 Å². The van der Waals surface area contributed by atoms with Crippen molar-refractivity contribution >= 4 is 21.8 Å². The van der Waals surface area contributed by atoms with E-state index in [2.05, 4.69) is 15.9 Å². The molecule has 2 nitrogen and oxygen atoms in total. The van der Waals surface area contributed by atoms with Gasteiger partial charge in [0.25, 0.3) is 5.91 Å². The standard InChI is InChI=1S/C16H16BrNO/c17-11-12-18(13-14-7-3-1-4-8-14)16(19)15-9-5-2-6-10-15/h1-10H,11-13H2. The van der Waals surface area contributed by atoms with Crippen molar-refractivity contribution in [2.75, 3.05) is 11.9 Å². The second-order valence-corrected chi connectivity index (χ2v) is 5.06. The van der Waals surface area contributed by atoms with Crippen LogP contribution in [0.2, 0.25) is 0 Å². The number of alkyl halides is 1. The fourth-order valence-electron chi connectivity index (χ4n) is 1.92. The van der Waals surface area contributed by atoms with E-state index in [4.69, 9.17) is 0 Å². The van der Waals surface area contributed by atoms with Crippen LogP contribution in [0.3, 0.4) is 0 Å². The molecule has 2 rings (SSSR count). The van der Waals surface area contributed by atoms with E-state index in [1.165, 1.54) is 0 Å². The summed E-state index contributed by atoms with van der Waals surface area (Å²) in [6.45, 7) is 1.34. The summed E-state index contributed by atoms with van der Waals surface area (Å²) >= 11 is 3.41. The zero-order valence-corrected chi connectivity index (χ0v) is 12.2. The molecule has 0 unspecified atom stereocenters. The molecule has 3 heteroatoms. The van der Waals surface area contributed by atoms with Crippen LogP contribution in [0.15, 0.2) is 60.7 Å². The molecule has 0 fully saturated rings. The van der Waals surface area contributed by atoms with Gasteiger partial charge in [0.05, 0.1) is 0 Å². The van der Waals surface area contributed by atoms with Crippen molar-refractivity contribution in [3.8, 4) is 0 Å². The van der Waals surface area contributed by atoms with Crippen molar-refractivity contribution in [1.82, 2.24) is 4.90 Å². The average molecular weight is 318 g/mol. The van der Waals surface area contributed by atoms with E-state index in [1.54, 1.807) is 0 Å². The van der Waals surface area contributed by atoms with Gasteiger partial charge in [-0.15, -0.1) is 0 Å². The summed E-state index contributed by atoms with van der Waals surface area (Å²) in [5.41, 5.74) is 1.88. The Balaban J connectivity index is 2.14. The molecule has 0 saturated carbocycles. The zero-order chi connectivity index (χ0) is 13.5. The summed E-state index contributed by atoms with van der Waals surface area (Å²) in [4.78, 5) is 14.3. The molecule has 2 aromatic rings. The van der Waals surface area contributed by atoms with Crippen molar-refractivity contribution in [2.24, 2.45) is 0 Å². The van der Waals surface area contributed by atoms with Crippen molar-refractivity contribution < 1.29 is 4.79 Å². The topological polar surface area (TPSA) is 20.3 Å². The van der Waals surface area contributed by atoms with Gasteiger partial charge in [0.2, 0.25) is 0 Å². The fourth-order valence-corrected chi connectivity index (χ4v) is 2.35. The number of carbonyl (C=O) groups is 1. The molecule has 2 aromatic carbocycles. The summed E-state index contributed by atoms with van der Waals surface area (Å²) in [7, 11) is 0. The maximum absolute atomic E-state index is 12.4. The molecular weight excluding hydrogens is 302 g/mol. The number of rotatable bonds is 5. The largest absolute Gasteiger partial charge is 0.333 e. The quantitative estimate of drug-likeness (QED) is 0.770. The molecule has 0 aliphatic heterocycles. The molecule has 0 radical (unpaired) electrons. The predicted octanol–water partition coefficient (Wildman–Crippen LogP) is 3.72. The average Bonchev–Trinajstić information content (AvgIpc) is 2.48. The van der Waals surface area contributed by atoms with Crippen LogP contribution in [-0.2, 0) is 6.54 Å². The lowest BCUT2D eigenvalue weighted by Gasteiger charge is -2.22. The maximum Gasteiger partial charge on any atom is 0.254 e. The Morgan fingerprint density at radius 1 is 0.947 bits per heavy atom. The number of carbonyl (C=O) groups excluding carboxylic acids is 1. The normalized spacial score (nSPS) is 10.2. The van der Waals surface area contributed by atoms with Crippen LogP contribution in [0.5, 0.6) is 0 Å². The zero-order valence-electron chi connectivity index (χ0n) is 10.6. The molecule has 0 heterocycles. The first-order valence-electron chi connectivity index (χ1n) is 6.25. The third-order valence-corrected chi connectivity index (χ3v) is 3.23. The molecule has 0 saturated heterocycles. The summed E-state index contributed by atoms with van der Waals surface area (Å²) in [5.74, 6) is 0.0731. The van der Waals surface area contributed by atoms with Gasteiger partial charge in [0.15, 0.2) is 0 Å². The molecule has 0 N–H and O–H groups in total. The molecule has 0 aliphatic rings. The van der Waals surface area contributed by atoms with Gasteiger partial charge < -0.3 is 4.90 Å². The minimum atomic E-state index is 0.0731. The van der Waals surface area contributed by atoms with Gasteiger partial charge in [0, 0.05) is 24.0 Å².